The molecule has 0 aliphatic heterocycles. The lowest BCUT2D eigenvalue weighted by atomic mass is 9.98. The molecule has 0 fully saturated rings. The standard InChI is InChI=1S/C29H28F3N3O2/c1-3-4-8-21-18-22(12-14-24(21)29(30,31)32)27-33-26(20-9-6-5-7-10-20)34-28(35-27)23-13-11-19(15-16-37-2)17-25(23)36/h5-7,9-14,17-18,36H,3-4,8,15-16H2,1-2H3. The molecule has 5 nitrogen and oxygen atoms in total. The van der Waals surface area contributed by atoms with Crippen LogP contribution in [0.2, 0.25) is 0 Å². The van der Waals surface area contributed by atoms with Gasteiger partial charge in [-0.25, -0.2) is 15.0 Å². The molecular weight excluding hydrogens is 479 g/mol. The van der Waals surface area contributed by atoms with Crippen LogP contribution in [-0.2, 0) is 23.8 Å². The van der Waals surface area contributed by atoms with E-state index in [4.69, 9.17) is 4.74 Å². The summed E-state index contributed by atoms with van der Waals surface area (Å²) in [4.78, 5) is 13.8. The molecule has 192 valence electrons. The van der Waals surface area contributed by atoms with Crippen LogP contribution in [0.5, 0.6) is 5.75 Å². The Hall–Kier alpha value is -3.78. The molecule has 0 amide bonds. The minimum Gasteiger partial charge on any atom is -0.507 e. The smallest absolute Gasteiger partial charge is 0.416 e. The van der Waals surface area contributed by atoms with Crippen LogP contribution >= 0.6 is 0 Å². The SMILES string of the molecule is CCCCc1cc(-c2nc(-c3ccccc3)nc(-c3ccc(CCOC)cc3O)n2)ccc1C(F)(F)F. The quantitative estimate of drug-likeness (QED) is 0.261. The van der Waals surface area contributed by atoms with Gasteiger partial charge in [0.15, 0.2) is 17.5 Å². The number of hydrogen-bond acceptors (Lipinski definition) is 5. The van der Waals surface area contributed by atoms with Gasteiger partial charge >= 0.3 is 6.18 Å². The number of methoxy groups -OCH3 is 1. The van der Waals surface area contributed by atoms with E-state index in [2.05, 4.69) is 15.0 Å². The molecular formula is C29H28F3N3O2. The lowest BCUT2D eigenvalue weighted by Gasteiger charge is -2.15. The number of alkyl halides is 3. The van der Waals surface area contributed by atoms with Gasteiger partial charge in [-0.05, 0) is 54.7 Å². The molecule has 0 unspecified atom stereocenters. The second-order valence-electron chi connectivity index (χ2n) is 8.74. The molecule has 0 spiro atoms. The molecule has 1 N–H and O–H groups in total. The van der Waals surface area contributed by atoms with Gasteiger partial charge < -0.3 is 9.84 Å². The van der Waals surface area contributed by atoms with Crippen LogP contribution in [0.3, 0.4) is 0 Å². The summed E-state index contributed by atoms with van der Waals surface area (Å²) in [5, 5.41) is 10.8. The molecule has 3 aromatic carbocycles. The molecule has 1 heterocycles. The lowest BCUT2D eigenvalue weighted by Crippen LogP contribution is -2.10. The van der Waals surface area contributed by atoms with Gasteiger partial charge in [-0.15, -0.1) is 0 Å². The predicted molar refractivity (Wildman–Crippen MR) is 137 cm³/mol. The first-order chi connectivity index (χ1) is 17.8. The van der Waals surface area contributed by atoms with Gasteiger partial charge in [-0.1, -0.05) is 55.8 Å². The van der Waals surface area contributed by atoms with Crippen LogP contribution in [0.25, 0.3) is 34.2 Å². The fourth-order valence-corrected chi connectivity index (χ4v) is 4.07. The zero-order valence-corrected chi connectivity index (χ0v) is 20.7. The Morgan fingerprint density at radius 1 is 0.811 bits per heavy atom. The predicted octanol–water partition coefficient (Wildman–Crippen LogP) is 7.13. The van der Waals surface area contributed by atoms with E-state index in [0.717, 1.165) is 23.6 Å². The number of phenols is 1. The highest BCUT2D eigenvalue weighted by Crippen LogP contribution is 2.36. The number of aryl methyl sites for hydroxylation is 1. The van der Waals surface area contributed by atoms with Gasteiger partial charge in [0.05, 0.1) is 17.7 Å². The molecule has 0 bridgehead atoms. The Bertz CT molecular complexity index is 1360. The van der Waals surface area contributed by atoms with E-state index in [1.165, 1.54) is 12.1 Å². The third-order valence-corrected chi connectivity index (χ3v) is 6.03. The number of hydrogen-bond donors (Lipinski definition) is 1. The van der Waals surface area contributed by atoms with Crippen molar-refractivity contribution >= 4 is 0 Å². The highest BCUT2D eigenvalue weighted by molar-refractivity contribution is 5.70. The Kier molecular flexibility index (Phi) is 8.18. The molecule has 0 atom stereocenters. The number of benzene rings is 3. The molecule has 4 rings (SSSR count). The topological polar surface area (TPSA) is 68.1 Å². The van der Waals surface area contributed by atoms with Crippen molar-refractivity contribution in [2.24, 2.45) is 0 Å². The van der Waals surface area contributed by atoms with Gasteiger partial charge in [-0.2, -0.15) is 13.2 Å². The van der Waals surface area contributed by atoms with Crippen molar-refractivity contribution in [3.63, 3.8) is 0 Å². The fourth-order valence-electron chi connectivity index (χ4n) is 4.07. The van der Waals surface area contributed by atoms with E-state index in [0.29, 0.717) is 42.8 Å². The van der Waals surface area contributed by atoms with E-state index in [9.17, 15) is 18.3 Å². The molecule has 1 aromatic heterocycles. The summed E-state index contributed by atoms with van der Waals surface area (Å²) >= 11 is 0. The summed E-state index contributed by atoms with van der Waals surface area (Å²) in [6.45, 7) is 2.45. The summed E-state index contributed by atoms with van der Waals surface area (Å²) in [6.07, 6.45) is -2.11. The van der Waals surface area contributed by atoms with Crippen molar-refractivity contribution in [2.45, 2.75) is 38.8 Å². The Morgan fingerprint density at radius 3 is 2.16 bits per heavy atom. The van der Waals surface area contributed by atoms with Crippen molar-refractivity contribution in [1.29, 1.82) is 0 Å². The number of rotatable bonds is 9. The van der Waals surface area contributed by atoms with Crippen LogP contribution in [0.15, 0.2) is 66.7 Å². The molecule has 4 aromatic rings. The zero-order valence-electron chi connectivity index (χ0n) is 20.7. The normalized spacial score (nSPS) is 11.6. The summed E-state index contributed by atoms with van der Waals surface area (Å²) in [6, 6.07) is 18.5. The van der Waals surface area contributed by atoms with Crippen LogP contribution in [0.4, 0.5) is 13.2 Å². The molecule has 0 aliphatic carbocycles. The van der Waals surface area contributed by atoms with Crippen molar-refractivity contribution in [2.75, 3.05) is 13.7 Å². The third kappa shape index (κ3) is 6.32. The van der Waals surface area contributed by atoms with Crippen molar-refractivity contribution in [3.8, 4) is 39.9 Å². The van der Waals surface area contributed by atoms with Crippen LogP contribution in [-0.4, -0.2) is 33.8 Å². The van der Waals surface area contributed by atoms with E-state index in [1.807, 2.05) is 43.3 Å². The number of aromatic nitrogens is 3. The minimum atomic E-state index is -4.45. The van der Waals surface area contributed by atoms with Gasteiger partial charge in [0, 0.05) is 18.2 Å². The van der Waals surface area contributed by atoms with Gasteiger partial charge in [0.2, 0.25) is 0 Å². The molecule has 8 heteroatoms. The molecule has 0 saturated heterocycles. The molecule has 0 aliphatic rings. The number of nitrogens with zero attached hydrogens (tertiary/aromatic N) is 3. The highest BCUT2D eigenvalue weighted by atomic mass is 19.4. The summed E-state index contributed by atoms with van der Waals surface area (Å²) < 4.78 is 46.1. The first-order valence-corrected chi connectivity index (χ1v) is 12.1. The van der Waals surface area contributed by atoms with Gasteiger partial charge in [0.25, 0.3) is 0 Å². The third-order valence-electron chi connectivity index (χ3n) is 6.03. The van der Waals surface area contributed by atoms with Crippen molar-refractivity contribution in [3.05, 3.63) is 83.4 Å². The maximum Gasteiger partial charge on any atom is 0.416 e. The second kappa shape index (κ2) is 11.5. The number of aromatic hydroxyl groups is 1. The molecule has 0 radical (unpaired) electrons. The van der Waals surface area contributed by atoms with Crippen LogP contribution in [0, 0.1) is 0 Å². The maximum absolute atomic E-state index is 13.7. The van der Waals surface area contributed by atoms with E-state index in [-0.39, 0.29) is 23.0 Å². The first kappa shape index (κ1) is 26.3. The monoisotopic (exact) mass is 507 g/mol. The van der Waals surface area contributed by atoms with E-state index in [1.54, 1.807) is 19.2 Å². The van der Waals surface area contributed by atoms with Crippen molar-refractivity contribution < 1.29 is 23.0 Å². The van der Waals surface area contributed by atoms with Gasteiger partial charge in [0.1, 0.15) is 5.75 Å². The first-order valence-electron chi connectivity index (χ1n) is 12.1. The average Bonchev–Trinajstić information content (AvgIpc) is 2.90. The second-order valence-corrected chi connectivity index (χ2v) is 8.74. The zero-order chi connectivity index (χ0) is 26.4. The van der Waals surface area contributed by atoms with Gasteiger partial charge in [-0.3, -0.25) is 0 Å². The molecule has 37 heavy (non-hydrogen) atoms. The van der Waals surface area contributed by atoms with E-state index < -0.39 is 11.7 Å². The maximum atomic E-state index is 13.7. The summed E-state index contributed by atoms with van der Waals surface area (Å²) in [5.74, 6) is 0.826. The van der Waals surface area contributed by atoms with Crippen LogP contribution in [0.1, 0.15) is 36.5 Å². The Morgan fingerprint density at radius 2 is 1.51 bits per heavy atom. The average molecular weight is 508 g/mol. The van der Waals surface area contributed by atoms with E-state index >= 15 is 0 Å². The Labute approximate surface area is 214 Å². The lowest BCUT2D eigenvalue weighted by molar-refractivity contribution is -0.138. The number of ether oxygens (including phenoxy) is 1. The van der Waals surface area contributed by atoms with Crippen molar-refractivity contribution in [1.82, 2.24) is 15.0 Å². The summed E-state index contributed by atoms with van der Waals surface area (Å²) in [5.41, 5.74) is 2.04. The largest absolute Gasteiger partial charge is 0.507 e. The number of unbranched alkanes of at least 4 members (excludes halogenated alkanes) is 1. The highest BCUT2D eigenvalue weighted by Gasteiger charge is 2.33. The number of phenolic OH excluding ortho intramolecular Hbond substituents is 1. The number of halogens is 3. The minimum absolute atomic E-state index is 0.000758. The molecule has 0 saturated carbocycles. The summed E-state index contributed by atoms with van der Waals surface area (Å²) in [7, 11) is 1.61. The fraction of sp³-hybridized carbons (Fsp3) is 0.276. The Balaban J connectivity index is 1.85. The van der Waals surface area contributed by atoms with Crippen LogP contribution < -0.4 is 0 Å².